The van der Waals surface area contributed by atoms with Crippen LogP contribution in [0.25, 0.3) is 16.6 Å². The molecule has 3 aromatic heterocycles. The lowest BCUT2D eigenvalue weighted by Crippen LogP contribution is -2.38. The predicted octanol–water partition coefficient (Wildman–Crippen LogP) is 4.36. The van der Waals surface area contributed by atoms with Crippen LogP contribution in [0.5, 0.6) is 17.2 Å². The molecule has 0 aliphatic rings. The van der Waals surface area contributed by atoms with Crippen molar-refractivity contribution in [3.63, 3.8) is 0 Å². The number of amides is 1. The van der Waals surface area contributed by atoms with E-state index in [9.17, 15) is 4.79 Å². The molecule has 0 unspecified atom stereocenters. The second kappa shape index (κ2) is 13.9. The van der Waals surface area contributed by atoms with Crippen LogP contribution in [0, 0.1) is 6.92 Å². The smallest absolute Gasteiger partial charge is 0.248 e. The van der Waals surface area contributed by atoms with E-state index < -0.39 is 0 Å². The van der Waals surface area contributed by atoms with Crippen molar-refractivity contribution in [2.45, 2.75) is 6.92 Å². The topological polar surface area (TPSA) is 113 Å². The molecule has 0 atom stereocenters. The molecule has 1 amide bonds. The van der Waals surface area contributed by atoms with Gasteiger partial charge in [-0.25, -0.2) is 19.5 Å². The van der Waals surface area contributed by atoms with E-state index in [4.69, 9.17) is 9.47 Å². The summed E-state index contributed by atoms with van der Waals surface area (Å²) in [6, 6.07) is 15.2. The summed E-state index contributed by atoms with van der Waals surface area (Å²) in [5.41, 5.74) is 3.25. The van der Waals surface area contributed by atoms with Crippen molar-refractivity contribution in [3.05, 3.63) is 85.1 Å². The van der Waals surface area contributed by atoms with Gasteiger partial charge in [-0.2, -0.15) is 5.10 Å². The van der Waals surface area contributed by atoms with Gasteiger partial charge >= 0.3 is 0 Å². The van der Waals surface area contributed by atoms with Gasteiger partial charge in [0.2, 0.25) is 5.91 Å². The van der Waals surface area contributed by atoms with E-state index in [0.29, 0.717) is 36.1 Å². The molecule has 0 aliphatic carbocycles. The van der Waals surface area contributed by atoms with Gasteiger partial charge in [0.05, 0.1) is 5.52 Å². The van der Waals surface area contributed by atoms with Crippen LogP contribution in [-0.2, 0) is 4.79 Å². The Bertz CT molecular complexity index is 1770. The summed E-state index contributed by atoms with van der Waals surface area (Å²) in [4.78, 5) is 31.7. The molecule has 5 rings (SSSR count). The van der Waals surface area contributed by atoms with Gasteiger partial charge in [0.25, 0.3) is 0 Å². The van der Waals surface area contributed by atoms with Gasteiger partial charge < -0.3 is 29.5 Å². The third kappa shape index (κ3) is 7.85. The first kappa shape index (κ1) is 30.4. The summed E-state index contributed by atoms with van der Waals surface area (Å²) in [7, 11) is 7.88. The maximum Gasteiger partial charge on any atom is 0.248 e. The fourth-order valence-electron chi connectivity index (χ4n) is 4.37. The summed E-state index contributed by atoms with van der Waals surface area (Å²) in [5.74, 6) is 2.61. The number of rotatable bonds is 13. The first-order valence-electron chi connectivity index (χ1n) is 14.2. The van der Waals surface area contributed by atoms with Gasteiger partial charge in [0.1, 0.15) is 35.7 Å². The van der Waals surface area contributed by atoms with Crippen LogP contribution >= 0.6 is 0 Å². The molecule has 5 aromatic rings. The highest BCUT2D eigenvalue weighted by atomic mass is 16.5. The average molecular weight is 596 g/mol. The number of hydrogen-bond acceptors (Lipinski definition) is 10. The fourth-order valence-corrected chi connectivity index (χ4v) is 4.37. The number of benzene rings is 2. The maximum absolute atomic E-state index is 12.8. The number of carbonyl (C=O) groups is 1. The van der Waals surface area contributed by atoms with Crippen LogP contribution in [0.15, 0.2) is 79.5 Å². The maximum atomic E-state index is 12.8. The molecule has 0 spiro atoms. The Morgan fingerprint density at radius 3 is 2.59 bits per heavy atom. The molecule has 0 saturated carbocycles. The Morgan fingerprint density at radius 1 is 0.932 bits per heavy atom. The zero-order valence-corrected chi connectivity index (χ0v) is 25.6. The molecular formula is C32H37N9O3. The number of aryl methyl sites for hydroxylation is 1. The molecule has 0 aliphatic heterocycles. The standard InChI is InChI=1S/C32H37N9O3/c1-23-17-24(8-11-29(23)44-26-12-14-41-30(19-26)34-21-36-41)37-32-27-10-9-25(18-28(27)33-20-35-32)43-22-40(16-15-39(4)5)31(42)7-6-13-38(2)3/h6-12,14,17-21H,13,15-16,22H2,1-5H3,(H,33,35,37)/b7-6+. The molecule has 0 saturated heterocycles. The van der Waals surface area contributed by atoms with Crippen molar-refractivity contribution in [2.75, 3.05) is 59.9 Å². The van der Waals surface area contributed by atoms with Crippen molar-refractivity contribution < 1.29 is 14.3 Å². The Labute approximate surface area is 256 Å². The van der Waals surface area contributed by atoms with Crippen molar-refractivity contribution in [2.24, 2.45) is 0 Å². The molecule has 12 heteroatoms. The summed E-state index contributed by atoms with van der Waals surface area (Å²) in [5, 5.41) is 8.36. The van der Waals surface area contributed by atoms with E-state index in [-0.39, 0.29) is 12.6 Å². The minimum atomic E-state index is -0.0913. The van der Waals surface area contributed by atoms with Crippen molar-refractivity contribution in [1.82, 2.24) is 39.3 Å². The van der Waals surface area contributed by atoms with Gasteiger partial charge in [-0.15, -0.1) is 0 Å². The van der Waals surface area contributed by atoms with Crippen LogP contribution in [0.1, 0.15) is 5.56 Å². The molecule has 44 heavy (non-hydrogen) atoms. The first-order valence-corrected chi connectivity index (χ1v) is 14.2. The van der Waals surface area contributed by atoms with Gasteiger partial charge in [0.15, 0.2) is 12.4 Å². The Balaban J connectivity index is 1.26. The van der Waals surface area contributed by atoms with Crippen LogP contribution in [-0.4, -0.2) is 99.7 Å². The molecule has 1 N–H and O–H groups in total. The zero-order valence-electron chi connectivity index (χ0n) is 25.6. The van der Waals surface area contributed by atoms with E-state index in [1.165, 1.54) is 12.7 Å². The lowest BCUT2D eigenvalue weighted by atomic mass is 10.2. The van der Waals surface area contributed by atoms with Gasteiger partial charge in [-0.05, 0) is 77.1 Å². The largest absolute Gasteiger partial charge is 0.473 e. The number of nitrogens with zero attached hydrogens (tertiary/aromatic N) is 8. The number of fused-ring (bicyclic) bond motifs is 2. The number of aromatic nitrogens is 5. The van der Waals surface area contributed by atoms with Crippen molar-refractivity contribution in [1.29, 1.82) is 0 Å². The van der Waals surface area contributed by atoms with Crippen molar-refractivity contribution in [3.8, 4) is 17.2 Å². The lowest BCUT2D eigenvalue weighted by molar-refractivity contribution is -0.129. The van der Waals surface area contributed by atoms with E-state index in [2.05, 4.69) is 25.4 Å². The minimum Gasteiger partial charge on any atom is -0.473 e. The Morgan fingerprint density at radius 2 is 1.80 bits per heavy atom. The van der Waals surface area contributed by atoms with E-state index in [0.717, 1.165) is 34.4 Å². The molecule has 228 valence electrons. The number of anilines is 2. The number of likely N-dealkylation sites (N-methyl/N-ethyl adjacent to an activating group) is 2. The second-order valence-corrected chi connectivity index (χ2v) is 10.9. The molecule has 2 aromatic carbocycles. The lowest BCUT2D eigenvalue weighted by Gasteiger charge is -2.23. The monoisotopic (exact) mass is 595 g/mol. The SMILES string of the molecule is Cc1cc(Nc2ncnc3cc(OCN(CCN(C)C)C(=O)/C=C/CN(C)C)ccc23)ccc1Oc1ccn2ncnc2c1. The normalized spacial score (nSPS) is 11.6. The average Bonchev–Trinajstić information content (AvgIpc) is 3.46. The first-order chi connectivity index (χ1) is 21.2. The third-order valence-corrected chi connectivity index (χ3v) is 6.77. The van der Waals surface area contributed by atoms with Crippen LogP contribution in [0.4, 0.5) is 11.5 Å². The van der Waals surface area contributed by atoms with E-state index >= 15 is 0 Å². The predicted molar refractivity (Wildman–Crippen MR) is 171 cm³/mol. The summed E-state index contributed by atoms with van der Waals surface area (Å²) in [6.07, 6.45) is 8.29. The minimum absolute atomic E-state index is 0.0913. The summed E-state index contributed by atoms with van der Waals surface area (Å²) >= 11 is 0. The molecule has 12 nitrogen and oxygen atoms in total. The van der Waals surface area contributed by atoms with Gasteiger partial charge in [-0.1, -0.05) is 6.08 Å². The third-order valence-electron chi connectivity index (χ3n) is 6.77. The quantitative estimate of drug-likeness (QED) is 0.156. The molecule has 3 heterocycles. The van der Waals surface area contributed by atoms with Crippen LogP contribution in [0.2, 0.25) is 0 Å². The molecular weight excluding hydrogens is 558 g/mol. The molecule has 0 bridgehead atoms. The zero-order chi connectivity index (χ0) is 31.1. The fraction of sp³-hybridized carbons (Fsp3) is 0.281. The van der Waals surface area contributed by atoms with Gasteiger partial charge in [0, 0.05) is 55.1 Å². The molecule has 0 fully saturated rings. The number of ether oxygens (including phenoxy) is 2. The number of carbonyl (C=O) groups excluding carboxylic acids is 1. The summed E-state index contributed by atoms with van der Waals surface area (Å²) in [6.45, 7) is 4.07. The highest BCUT2D eigenvalue weighted by Gasteiger charge is 2.13. The number of nitrogens with one attached hydrogen (secondary N) is 1. The van der Waals surface area contributed by atoms with Gasteiger partial charge in [-0.3, -0.25) is 4.79 Å². The Kier molecular flexibility index (Phi) is 9.62. The summed E-state index contributed by atoms with van der Waals surface area (Å²) < 4.78 is 13.8. The van der Waals surface area contributed by atoms with Crippen LogP contribution in [0.3, 0.4) is 0 Å². The molecule has 0 radical (unpaired) electrons. The second-order valence-electron chi connectivity index (χ2n) is 10.9. The highest BCUT2D eigenvalue weighted by molar-refractivity contribution is 5.91. The van der Waals surface area contributed by atoms with Crippen molar-refractivity contribution >= 4 is 34.0 Å². The number of hydrogen-bond donors (Lipinski definition) is 1. The van der Waals surface area contributed by atoms with E-state index in [1.54, 1.807) is 15.5 Å². The highest BCUT2D eigenvalue weighted by Crippen LogP contribution is 2.31. The number of pyridine rings is 1. The Hall–Kier alpha value is -5.07. The van der Waals surface area contributed by atoms with E-state index in [1.807, 2.05) is 106 Å². The van der Waals surface area contributed by atoms with Crippen LogP contribution < -0.4 is 14.8 Å².